The molecule has 0 fully saturated rings. The van der Waals surface area contributed by atoms with Gasteiger partial charge in [0.2, 0.25) is 0 Å². The summed E-state index contributed by atoms with van der Waals surface area (Å²) in [5.74, 6) is -0.998. The fourth-order valence-corrected chi connectivity index (χ4v) is 2.24. The van der Waals surface area contributed by atoms with Crippen LogP contribution in [0.25, 0.3) is 11.1 Å². The number of aromatic nitrogens is 1. The maximum Gasteiger partial charge on any atom is 0.326 e. The number of carboxylic acids is 1. The molecule has 1 aromatic carbocycles. The molecule has 0 aliphatic rings. The summed E-state index contributed by atoms with van der Waals surface area (Å²) < 4.78 is 5.12. The molecule has 2 rings (SSSR count). The molecule has 0 bridgehead atoms. The van der Waals surface area contributed by atoms with Crippen LogP contribution in [0.5, 0.6) is 5.75 Å². The minimum absolute atomic E-state index is 0.218. The van der Waals surface area contributed by atoms with Crippen molar-refractivity contribution in [1.29, 1.82) is 0 Å². The van der Waals surface area contributed by atoms with Crippen molar-refractivity contribution in [2.45, 2.75) is 19.9 Å². The highest BCUT2D eigenvalue weighted by molar-refractivity contribution is 5.97. The van der Waals surface area contributed by atoms with E-state index in [1.165, 1.54) is 6.20 Å². The second-order valence-corrected chi connectivity index (χ2v) is 5.72. The maximum atomic E-state index is 12.3. The number of carbonyl (C=O) groups excluding carboxylic acids is 1. The predicted octanol–water partition coefficient (Wildman–Crippen LogP) is 2.60. The maximum absolute atomic E-state index is 12.3. The minimum Gasteiger partial charge on any atom is -0.497 e. The Morgan fingerprint density at radius 2 is 1.79 bits per heavy atom. The van der Waals surface area contributed by atoms with E-state index in [1.54, 1.807) is 33.2 Å². The molecule has 1 atom stereocenters. The number of hydrogen-bond donors (Lipinski definition) is 2. The lowest BCUT2D eigenvalue weighted by Crippen LogP contribution is -2.44. The summed E-state index contributed by atoms with van der Waals surface area (Å²) in [6, 6.07) is 8.12. The molecule has 126 valence electrons. The summed E-state index contributed by atoms with van der Waals surface area (Å²) in [7, 11) is 1.59. The van der Waals surface area contributed by atoms with Gasteiger partial charge in [-0.3, -0.25) is 9.78 Å². The van der Waals surface area contributed by atoms with E-state index in [1.807, 2.05) is 24.3 Å². The van der Waals surface area contributed by atoms with E-state index >= 15 is 0 Å². The molecule has 24 heavy (non-hydrogen) atoms. The van der Waals surface area contributed by atoms with Crippen LogP contribution in [0.2, 0.25) is 0 Å². The third-order valence-corrected chi connectivity index (χ3v) is 3.64. The molecule has 2 aromatic rings. The van der Waals surface area contributed by atoms with E-state index in [0.29, 0.717) is 5.56 Å². The summed E-state index contributed by atoms with van der Waals surface area (Å²) in [5.41, 5.74) is 1.97. The van der Waals surface area contributed by atoms with Crippen LogP contribution in [0.4, 0.5) is 0 Å². The molecule has 6 heteroatoms. The van der Waals surface area contributed by atoms with Crippen LogP contribution in [0.3, 0.4) is 0 Å². The molecule has 1 aromatic heterocycles. The van der Waals surface area contributed by atoms with Crippen molar-refractivity contribution >= 4 is 11.9 Å². The molecule has 2 N–H and O–H groups in total. The number of nitrogens with zero attached hydrogens (tertiary/aromatic N) is 1. The molecule has 0 spiro atoms. The van der Waals surface area contributed by atoms with Crippen LogP contribution < -0.4 is 10.1 Å². The number of amides is 1. The van der Waals surface area contributed by atoms with Crippen molar-refractivity contribution in [2.24, 2.45) is 5.92 Å². The van der Waals surface area contributed by atoms with Crippen molar-refractivity contribution in [1.82, 2.24) is 10.3 Å². The summed E-state index contributed by atoms with van der Waals surface area (Å²) in [4.78, 5) is 27.6. The van der Waals surface area contributed by atoms with E-state index in [-0.39, 0.29) is 5.92 Å². The number of benzene rings is 1. The number of methoxy groups -OCH3 is 1. The van der Waals surface area contributed by atoms with Gasteiger partial charge in [0.15, 0.2) is 0 Å². The number of hydrogen-bond acceptors (Lipinski definition) is 4. The Bertz CT molecular complexity index is 726. The monoisotopic (exact) mass is 328 g/mol. The van der Waals surface area contributed by atoms with Crippen LogP contribution in [-0.4, -0.2) is 35.1 Å². The van der Waals surface area contributed by atoms with Gasteiger partial charge in [0.25, 0.3) is 5.91 Å². The molecule has 1 unspecified atom stereocenters. The second kappa shape index (κ2) is 7.59. The van der Waals surface area contributed by atoms with Gasteiger partial charge in [-0.05, 0) is 29.7 Å². The standard InChI is InChI=1S/C18H20N2O4/c1-11(2)16(18(22)23)20-17(21)14-8-13(9-19-10-14)12-4-6-15(24-3)7-5-12/h4-11,16H,1-3H3,(H,20,21)(H,22,23). The normalized spacial score (nSPS) is 11.8. The van der Waals surface area contributed by atoms with Crippen molar-refractivity contribution in [3.8, 4) is 16.9 Å². The number of carboxylic acid groups (broad SMARTS) is 1. The first-order valence-electron chi connectivity index (χ1n) is 7.55. The SMILES string of the molecule is COc1ccc(-c2cncc(C(=O)NC(C(=O)O)C(C)C)c2)cc1. The molecule has 1 heterocycles. The third-order valence-electron chi connectivity index (χ3n) is 3.64. The van der Waals surface area contributed by atoms with Gasteiger partial charge in [-0.2, -0.15) is 0 Å². The van der Waals surface area contributed by atoms with Crippen molar-refractivity contribution in [2.75, 3.05) is 7.11 Å². The molecule has 6 nitrogen and oxygen atoms in total. The van der Waals surface area contributed by atoms with Crippen LogP contribution >= 0.6 is 0 Å². The highest BCUT2D eigenvalue weighted by Gasteiger charge is 2.24. The van der Waals surface area contributed by atoms with Gasteiger partial charge in [0.1, 0.15) is 11.8 Å². The lowest BCUT2D eigenvalue weighted by molar-refractivity contribution is -0.140. The molecule has 0 aliphatic heterocycles. The van der Waals surface area contributed by atoms with Gasteiger partial charge in [-0.1, -0.05) is 26.0 Å². The smallest absolute Gasteiger partial charge is 0.326 e. The number of rotatable bonds is 6. The molecule has 1 amide bonds. The zero-order chi connectivity index (χ0) is 17.7. The highest BCUT2D eigenvalue weighted by Crippen LogP contribution is 2.22. The average molecular weight is 328 g/mol. The number of nitrogens with one attached hydrogen (secondary N) is 1. The molecule has 0 saturated carbocycles. The van der Waals surface area contributed by atoms with Crippen LogP contribution in [0.1, 0.15) is 24.2 Å². The Kier molecular flexibility index (Phi) is 5.52. The van der Waals surface area contributed by atoms with Crippen molar-refractivity contribution in [3.63, 3.8) is 0 Å². The molecular weight excluding hydrogens is 308 g/mol. The summed E-state index contributed by atoms with van der Waals surface area (Å²) in [6.45, 7) is 3.48. The molecule has 0 aliphatic carbocycles. The van der Waals surface area contributed by atoms with Gasteiger partial charge in [0, 0.05) is 18.0 Å². The zero-order valence-electron chi connectivity index (χ0n) is 13.8. The summed E-state index contributed by atoms with van der Waals surface area (Å²) in [6.07, 6.45) is 3.07. The number of carbonyl (C=O) groups is 2. The molecular formula is C18H20N2O4. The van der Waals surface area contributed by atoms with Crippen LogP contribution in [0, 0.1) is 5.92 Å². The third kappa shape index (κ3) is 4.10. The summed E-state index contributed by atoms with van der Waals surface area (Å²) >= 11 is 0. The topological polar surface area (TPSA) is 88.5 Å². The number of ether oxygens (including phenoxy) is 1. The van der Waals surface area contributed by atoms with Gasteiger partial charge < -0.3 is 15.2 Å². The lowest BCUT2D eigenvalue weighted by atomic mass is 10.0. The number of aliphatic carboxylic acids is 1. The van der Waals surface area contributed by atoms with Gasteiger partial charge >= 0.3 is 5.97 Å². The summed E-state index contributed by atoms with van der Waals surface area (Å²) in [5, 5.41) is 11.7. The Balaban J connectivity index is 2.22. The lowest BCUT2D eigenvalue weighted by Gasteiger charge is -2.18. The van der Waals surface area contributed by atoms with E-state index < -0.39 is 17.9 Å². The molecule has 0 radical (unpaired) electrons. The Morgan fingerprint density at radius 3 is 2.33 bits per heavy atom. The quantitative estimate of drug-likeness (QED) is 0.851. The largest absolute Gasteiger partial charge is 0.497 e. The number of pyridine rings is 1. The van der Waals surface area contributed by atoms with Crippen molar-refractivity contribution in [3.05, 3.63) is 48.3 Å². The second-order valence-electron chi connectivity index (χ2n) is 5.72. The van der Waals surface area contributed by atoms with Gasteiger partial charge in [-0.15, -0.1) is 0 Å². The first-order valence-corrected chi connectivity index (χ1v) is 7.55. The fraction of sp³-hybridized carbons (Fsp3) is 0.278. The van der Waals surface area contributed by atoms with Gasteiger partial charge in [0.05, 0.1) is 12.7 Å². The highest BCUT2D eigenvalue weighted by atomic mass is 16.5. The minimum atomic E-state index is -1.06. The molecule has 0 saturated heterocycles. The fourth-order valence-electron chi connectivity index (χ4n) is 2.24. The van der Waals surface area contributed by atoms with Crippen LogP contribution in [-0.2, 0) is 4.79 Å². The van der Waals surface area contributed by atoms with E-state index in [4.69, 9.17) is 4.74 Å². The van der Waals surface area contributed by atoms with Gasteiger partial charge in [-0.25, -0.2) is 4.79 Å². The Hall–Kier alpha value is -2.89. The van der Waals surface area contributed by atoms with E-state index in [2.05, 4.69) is 10.3 Å². The Labute approximate surface area is 140 Å². The first kappa shape index (κ1) is 17.5. The van der Waals surface area contributed by atoms with E-state index in [9.17, 15) is 14.7 Å². The zero-order valence-corrected chi connectivity index (χ0v) is 13.8. The Morgan fingerprint density at radius 1 is 1.12 bits per heavy atom. The van der Waals surface area contributed by atoms with E-state index in [0.717, 1.165) is 16.9 Å². The van der Waals surface area contributed by atoms with Crippen molar-refractivity contribution < 1.29 is 19.4 Å². The van der Waals surface area contributed by atoms with Crippen LogP contribution in [0.15, 0.2) is 42.7 Å². The average Bonchev–Trinajstić information content (AvgIpc) is 2.59. The first-order chi connectivity index (χ1) is 11.4. The predicted molar refractivity (Wildman–Crippen MR) is 90.0 cm³/mol.